The first-order valence-electron chi connectivity index (χ1n) is 5.39. The van der Waals surface area contributed by atoms with Crippen LogP contribution >= 0.6 is 11.6 Å². The number of nitrogens with one attached hydrogen (secondary N) is 1. The number of benzene rings is 1. The Labute approximate surface area is 115 Å². The van der Waals surface area contributed by atoms with Crippen LogP contribution in [0.15, 0.2) is 23.1 Å². The first kappa shape index (κ1) is 15.8. The van der Waals surface area contributed by atoms with E-state index in [0.29, 0.717) is 6.42 Å². The minimum absolute atomic E-state index is 0.0693. The number of hydrogen-bond acceptors (Lipinski definition) is 5. The Kier molecular flexibility index (Phi) is 5.24. The van der Waals surface area contributed by atoms with Gasteiger partial charge >= 0.3 is 0 Å². The Morgan fingerprint density at radius 2 is 2.16 bits per heavy atom. The van der Waals surface area contributed by atoms with Gasteiger partial charge in [0.2, 0.25) is 10.0 Å². The summed E-state index contributed by atoms with van der Waals surface area (Å²) < 4.78 is 26.3. The number of nitro groups is 1. The van der Waals surface area contributed by atoms with E-state index in [1.54, 1.807) is 6.92 Å². The Bertz CT molecular complexity index is 571. The van der Waals surface area contributed by atoms with Crippen molar-refractivity contribution in [1.82, 2.24) is 4.72 Å². The third kappa shape index (κ3) is 3.87. The Balaban J connectivity index is 3.25. The molecule has 106 valence electrons. The van der Waals surface area contributed by atoms with Gasteiger partial charge in [-0.05, 0) is 18.6 Å². The Hall–Kier alpha value is -1.22. The molecular weight excluding hydrogens is 296 g/mol. The number of hydrogen-bond donors (Lipinski definition) is 2. The second-order valence-electron chi connectivity index (χ2n) is 3.78. The fraction of sp³-hybridized carbons (Fsp3) is 0.400. The van der Waals surface area contributed by atoms with Gasteiger partial charge < -0.3 is 5.11 Å². The van der Waals surface area contributed by atoms with Crippen molar-refractivity contribution in [3.05, 3.63) is 33.3 Å². The smallest absolute Gasteiger partial charge is 0.290 e. The maximum atomic E-state index is 12.0. The molecule has 19 heavy (non-hydrogen) atoms. The molecule has 1 aromatic rings. The first-order chi connectivity index (χ1) is 8.81. The fourth-order valence-electron chi connectivity index (χ4n) is 1.39. The largest absolute Gasteiger partial charge is 0.395 e. The highest BCUT2D eigenvalue weighted by Gasteiger charge is 2.27. The molecule has 0 spiro atoms. The lowest BCUT2D eigenvalue weighted by Gasteiger charge is -2.14. The predicted octanol–water partition coefficient (Wildman–Crippen LogP) is 1.30. The van der Waals surface area contributed by atoms with Crippen molar-refractivity contribution in [2.75, 3.05) is 6.61 Å². The van der Waals surface area contributed by atoms with Crippen LogP contribution in [0.1, 0.15) is 13.3 Å². The van der Waals surface area contributed by atoms with Gasteiger partial charge in [0, 0.05) is 17.1 Å². The minimum Gasteiger partial charge on any atom is -0.395 e. The fourth-order valence-corrected chi connectivity index (χ4v) is 3.02. The zero-order valence-corrected chi connectivity index (χ0v) is 11.6. The van der Waals surface area contributed by atoms with Crippen LogP contribution in [0.2, 0.25) is 5.02 Å². The summed E-state index contributed by atoms with van der Waals surface area (Å²) in [5.41, 5.74) is -0.604. The summed E-state index contributed by atoms with van der Waals surface area (Å²) in [7, 11) is -4.09. The molecule has 0 radical (unpaired) electrons. The van der Waals surface area contributed by atoms with E-state index >= 15 is 0 Å². The first-order valence-corrected chi connectivity index (χ1v) is 7.25. The van der Waals surface area contributed by atoms with Crippen LogP contribution in [-0.4, -0.2) is 31.1 Å². The van der Waals surface area contributed by atoms with Gasteiger partial charge in [0.1, 0.15) is 0 Å². The van der Waals surface area contributed by atoms with Gasteiger partial charge in [0.05, 0.1) is 11.5 Å². The maximum Gasteiger partial charge on any atom is 0.290 e. The molecule has 1 aromatic carbocycles. The van der Waals surface area contributed by atoms with E-state index in [1.165, 1.54) is 6.07 Å². The van der Waals surface area contributed by atoms with Crippen molar-refractivity contribution in [3.8, 4) is 0 Å². The Morgan fingerprint density at radius 3 is 2.63 bits per heavy atom. The van der Waals surface area contributed by atoms with Crippen molar-refractivity contribution in [2.45, 2.75) is 24.3 Å². The summed E-state index contributed by atoms with van der Waals surface area (Å²) in [6, 6.07) is 2.59. The van der Waals surface area contributed by atoms with E-state index in [2.05, 4.69) is 4.72 Å². The third-order valence-electron chi connectivity index (χ3n) is 2.44. The van der Waals surface area contributed by atoms with Crippen LogP contribution in [0.3, 0.4) is 0 Å². The SMILES string of the molecule is CC[C@@H](CO)NS(=O)(=O)c1ccc(Cl)cc1[N+](=O)[O-]. The lowest BCUT2D eigenvalue weighted by atomic mass is 10.3. The van der Waals surface area contributed by atoms with Gasteiger partial charge in [-0.3, -0.25) is 10.1 Å². The minimum atomic E-state index is -4.09. The summed E-state index contributed by atoms with van der Waals surface area (Å²) in [6.07, 6.45) is 0.358. The van der Waals surface area contributed by atoms with Crippen LogP contribution in [0.25, 0.3) is 0 Å². The Morgan fingerprint density at radius 1 is 1.53 bits per heavy atom. The number of nitrogens with zero attached hydrogens (tertiary/aromatic N) is 1. The molecule has 9 heteroatoms. The number of rotatable bonds is 6. The average Bonchev–Trinajstić information content (AvgIpc) is 2.35. The van der Waals surface area contributed by atoms with Gasteiger partial charge in [-0.2, -0.15) is 0 Å². The van der Waals surface area contributed by atoms with Crippen molar-refractivity contribution in [3.63, 3.8) is 0 Å². The quantitative estimate of drug-likeness (QED) is 0.608. The number of aliphatic hydroxyl groups excluding tert-OH is 1. The third-order valence-corrected chi connectivity index (χ3v) is 4.25. The molecule has 0 aliphatic heterocycles. The molecular formula is C10H13ClN2O5S. The summed E-state index contributed by atoms with van der Waals surface area (Å²) in [6.45, 7) is 1.29. The molecule has 1 rings (SSSR count). The van der Waals surface area contributed by atoms with Crippen LogP contribution in [0.4, 0.5) is 5.69 Å². The standard InChI is InChI=1S/C10H13ClN2O5S/c1-2-8(6-14)12-19(17,18)10-4-3-7(11)5-9(10)13(15)16/h3-5,8,12,14H,2,6H2,1H3/t8-/m0/s1. The van der Waals surface area contributed by atoms with E-state index in [4.69, 9.17) is 16.7 Å². The van der Waals surface area contributed by atoms with Crippen molar-refractivity contribution >= 4 is 27.3 Å². The zero-order chi connectivity index (χ0) is 14.6. The molecule has 0 aliphatic carbocycles. The number of sulfonamides is 1. The zero-order valence-electron chi connectivity index (χ0n) is 10.0. The van der Waals surface area contributed by atoms with E-state index in [9.17, 15) is 18.5 Å². The van der Waals surface area contributed by atoms with E-state index in [-0.39, 0.29) is 5.02 Å². The normalized spacial score (nSPS) is 13.2. The lowest BCUT2D eigenvalue weighted by molar-refractivity contribution is -0.387. The molecule has 0 unspecified atom stereocenters. The van der Waals surface area contributed by atoms with Gasteiger partial charge in [-0.1, -0.05) is 18.5 Å². The van der Waals surface area contributed by atoms with Crippen LogP contribution in [-0.2, 0) is 10.0 Å². The number of halogens is 1. The highest BCUT2D eigenvalue weighted by atomic mass is 35.5. The monoisotopic (exact) mass is 308 g/mol. The van der Waals surface area contributed by atoms with E-state index < -0.39 is 38.2 Å². The molecule has 0 fully saturated rings. The summed E-state index contributed by atoms with van der Waals surface area (Å²) >= 11 is 5.61. The molecule has 2 N–H and O–H groups in total. The molecule has 7 nitrogen and oxygen atoms in total. The molecule has 1 atom stereocenters. The van der Waals surface area contributed by atoms with Gasteiger partial charge in [0.15, 0.2) is 4.90 Å². The molecule has 0 aliphatic rings. The number of aliphatic hydroxyl groups is 1. The van der Waals surface area contributed by atoms with Crippen molar-refractivity contribution in [2.24, 2.45) is 0 Å². The average molecular weight is 309 g/mol. The molecule has 0 heterocycles. The van der Waals surface area contributed by atoms with Gasteiger partial charge in [-0.15, -0.1) is 0 Å². The molecule has 0 aromatic heterocycles. The second-order valence-corrected chi connectivity index (χ2v) is 5.90. The van der Waals surface area contributed by atoms with Crippen molar-refractivity contribution < 1.29 is 18.4 Å². The topological polar surface area (TPSA) is 110 Å². The van der Waals surface area contributed by atoms with Crippen LogP contribution in [0, 0.1) is 10.1 Å². The predicted molar refractivity (Wildman–Crippen MR) is 69.6 cm³/mol. The lowest BCUT2D eigenvalue weighted by Crippen LogP contribution is -2.37. The summed E-state index contributed by atoms with van der Waals surface area (Å²) in [5, 5.41) is 19.9. The highest BCUT2D eigenvalue weighted by Crippen LogP contribution is 2.27. The molecule has 0 saturated heterocycles. The summed E-state index contributed by atoms with van der Waals surface area (Å²) in [4.78, 5) is 9.55. The van der Waals surface area contributed by atoms with Crippen LogP contribution in [0.5, 0.6) is 0 Å². The maximum absolute atomic E-state index is 12.0. The molecule has 0 bridgehead atoms. The van der Waals surface area contributed by atoms with E-state index in [1.807, 2.05) is 0 Å². The van der Waals surface area contributed by atoms with Gasteiger partial charge in [-0.25, -0.2) is 13.1 Å². The molecule has 0 amide bonds. The summed E-state index contributed by atoms with van der Waals surface area (Å²) in [5.74, 6) is 0. The highest BCUT2D eigenvalue weighted by molar-refractivity contribution is 7.89. The molecule has 0 saturated carbocycles. The second kappa shape index (κ2) is 6.29. The van der Waals surface area contributed by atoms with E-state index in [0.717, 1.165) is 12.1 Å². The van der Waals surface area contributed by atoms with Gasteiger partial charge in [0.25, 0.3) is 5.69 Å². The number of nitro benzene ring substituents is 1. The van der Waals surface area contributed by atoms with Crippen LogP contribution < -0.4 is 4.72 Å². The van der Waals surface area contributed by atoms with Crippen molar-refractivity contribution in [1.29, 1.82) is 0 Å².